The summed E-state index contributed by atoms with van der Waals surface area (Å²) in [6.45, 7) is 4.60. The molecule has 148 valence electrons. The number of nitrogens with one attached hydrogen (secondary N) is 1. The summed E-state index contributed by atoms with van der Waals surface area (Å²) < 4.78 is 12.1. The Morgan fingerprint density at radius 3 is 2.76 bits per heavy atom. The van der Waals surface area contributed by atoms with Gasteiger partial charge in [0.15, 0.2) is 11.5 Å². The van der Waals surface area contributed by atoms with Crippen LogP contribution in [0, 0.1) is 0 Å². The van der Waals surface area contributed by atoms with Gasteiger partial charge in [-0.15, -0.1) is 0 Å². The van der Waals surface area contributed by atoms with Crippen molar-refractivity contribution in [3.05, 3.63) is 61.1 Å². The van der Waals surface area contributed by atoms with Gasteiger partial charge < -0.3 is 19.5 Å². The van der Waals surface area contributed by atoms with Crippen LogP contribution in [0.2, 0.25) is 0 Å². The summed E-state index contributed by atoms with van der Waals surface area (Å²) in [4.78, 5) is 25.6. The highest BCUT2D eigenvalue weighted by Gasteiger charge is 2.31. The molecule has 0 radical (unpaired) electrons. The summed E-state index contributed by atoms with van der Waals surface area (Å²) in [6, 6.07) is 8.91. The second-order valence-electron chi connectivity index (χ2n) is 6.57. The van der Waals surface area contributed by atoms with Gasteiger partial charge in [0.25, 0.3) is 5.91 Å². The molecule has 29 heavy (non-hydrogen) atoms. The number of ether oxygens (including phenoxy) is 1. The summed E-state index contributed by atoms with van der Waals surface area (Å²) >= 11 is 0. The molecular weight excluding hydrogens is 374 g/mol. The van der Waals surface area contributed by atoms with Crippen molar-refractivity contribution in [1.29, 1.82) is 0 Å². The fourth-order valence-electron chi connectivity index (χ4n) is 3.00. The highest BCUT2D eigenvalue weighted by molar-refractivity contribution is 6.03. The molecule has 0 bridgehead atoms. The molecule has 3 heterocycles. The Hall–Kier alpha value is -3.88. The molecule has 9 heteroatoms. The Morgan fingerprint density at radius 2 is 2.07 bits per heavy atom. The van der Waals surface area contributed by atoms with E-state index in [0.29, 0.717) is 24.5 Å². The van der Waals surface area contributed by atoms with Crippen LogP contribution in [-0.4, -0.2) is 51.9 Å². The molecule has 0 aliphatic carbocycles. The largest absolute Gasteiger partial charge is 0.497 e. The second-order valence-corrected chi connectivity index (χ2v) is 6.57. The summed E-state index contributed by atoms with van der Waals surface area (Å²) in [6.07, 6.45) is 4.58. The normalized spacial score (nSPS) is 13.6. The zero-order valence-electron chi connectivity index (χ0n) is 15.7. The number of carbonyl (C=O) groups is 2. The number of aromatic nitrogens is 3. The number of methoxy groups -OCH3 is 1. The minimum absolute atomic E-state index is 0.0817. The molecule has 1 aliphatic rings. The van der Waals surface area contributed by atoms with Gasteiger partial charge in [-0.2, -0.15) is 5.10 Å². The predicted molar refractivity (Wildman–Crippen MR) is 104 cm³/mol. The molecular formula is C20H19N5O4. The van der Waals surface area contributed by atoms with Crippen molar-refractivity contribution in [1.82, 2.24) is 19.8 Å². The summed E-state index contributed by atoms with van der Waals surface area (Å²) in [5, 5.41) is 10.8. The topological polar surface area (TPSA) is 102 Å². The zero-order chi connectivity index (χ0) is 20.4. The van der Waals surface area contributed by atoms with Gasteiger partial charge >= 0.3 is 0 Å². The quantitative estimate of drug-likeness (QED) is 0.645. The van der Waals surface area contributed by atoms with Crippen LogP contribution in [0.1, 0.15) is 16.5 Å². The van der Waals surface area contributed by atoms with Crippen LogP contribution in [0.3, 0.4) is 0 Å². The number of hydrogen-bond donors (Lipinski definition) is 1. The van der Waals surface area contributed by atoms with Gasteiger partial charge in [0, 0.05) is 30.9 Å². The lowest BCUT2D eigenvalue weighted by molar-refractivity contribution is -0.131. The fourth-order valence-corrected chi connectivity index (χ4v) is 3.00. The Labute approximate surface area is 166 Å². The third kappa shape index (κ3) is 3.75. The molecule has 0 spiro atoms. The average Bonchev–Trinajstić information content (AvgIpc) is 3.37. The van der Waals surface area contributed by atoms with E-state index in [1.54, 1.807) is 47.3 Å². The number of anilines is 1. The maximum absolute atomic E-state index is 12.4. The third-order valence-corrected chi connectivity index (χ3v) is 4.70. The molecule has 2 amide bonds. The van der Waals surface area contributed by atoms with Crippen molar-refractivity contribution in [2.45, 2.75) is 6.04 Å². The van der Waals surface area contributed by atoms with Crippen molar-refractivity contribution < 1.29 is 18.8 Å². The molecule has 1 aromatic carbocycles. The Balaban J connectivity index is 1.38. The lowest BCUT2D eigenvalue weighted by atomic mass is 10.1. The van der Waals surface area contributed by atoms with Gasteiger partial charge in [-0.25, -0.2) is 0 Å². The Bertz CT molecular complexity index is 1050. The number of rotatable bonds is 6. The second kappa shape index (κ2) is 7.63. The van der Waals surface area contributed by atoms with E-state index in [9.17, 15) is 9.59 Å². The third-order valence-electron chi connectivity index (χ3n) is 4.70. The standard InChI is InChI=1S/C20H19N5O4/c1-3-19(26)24-11-15(12-24)25-10-14(9-21-25)22-20(27)17-8-18(29-23-17)13-4-6-16(28-2)7-5-13/h3-10,15H,1,11-12H2,2H3,(H,22,27). The number of likely N-dealkylation sites (tertiary alicyclic amines) is 1. The van der Waals surface area contributed by atoms with Gasteiger partial charge in [0.05, 0.1) is 25.0 Å². The van der Waals surface area contributed by atoms with E-state index in [1.807, 2.05) is 12.1 Å². The first-order chi connectivity index (χ1) is 14.1. The summed E-state index contributed by atoms with van der Waals surface area (Å²) in [5.74, 6) is 0.715. The molecule has 0 atom stereocenters. The smallest absolute Gasteiger partial charge is 0.277 e. The SMILES string of the molecule is C=CC(=O)N1CC(n2cc(NC(=O)c3cc(-c4ccc(OC)cc4)on3)cn2)C1. The van der Waals surface area contributed by atoms with Gasteiger partial charge in [-0.1, -0.05) is 11.7 Å². The number of amides is 2. The maximum Gasteiger partial charge on any atom is 0.277 e. The molecule has 1 saturated heterocycles. The van der Waals surface area contributed by atoms with Gasteiger partial charge in [0.2, 0.25) is 5.91 Å². The molecule has 1 aliphatic heterocycles. The van der Waals surface area contributed by atoms with Crippen LogP contribution in [0.5, 0.6) is 5.75 Å². The van der Waals surface area contributed by atoms with E-state index in [0.717, 1.165) is 11.3 Å². The van der Waals surface area contributed by atoms with Crippen LogP contribution in [0.25, 0.3) is 11.3 Å². The van der Waals surface area contributed by atoms with Crippen LogP contribution < -0.4 is 10.1 Å². The number of carbonyl (C=O) groups excluding carboxylic acids is 2. The average molecular weight is 393 g/mol. The van der Waals surface area contributed by atoms with Crippen molar-refractivity contribution in [2.75, 3.05) is 25.5 Å². The van der Waals surface area contributed by atoms with E-state index >= 15 is 0 Å². The first kappa shape index (κ1) is 18.5. The van der Waals surface area contributed by atoms with Crippen LogP contribution in [-0.2, 0) is 4.79 Å². The zero-order valence-corrected chi connectivity index (χ0v) is 15.7. The van der Waals surface area contributed by atoms with E-state index < -0.39 is 5.91 Å². The summed E-state index contributed by atoms with van der Waals surface area (Å²) in [5.41, 5.74) is 1.49. The van der Waals surface area contributed by atoms with Crippen LogP contribution >= 0.6 is 0 Å². The molecule has 1 N–H and O–H groups in total. The maximum atomic E-state index is 12.4. The first-order valence-corrected chi connectivity index (χ1v) is 8.95. The van der Waals surface area contributed by atoms with Crippen molar-refractivity contribution in [2.24, 2.45) is 0 Å². The van der Waals surface area contributed by atoms with E-state index in [1.165, 1.54) is 6.08 Å². The van der Waals surface area contributed by atoms with Crippen LogP contribution in [0.15, 0.2) is 59.9 Å². The van der Waals surface area contributed by atoms with Gasteiger partial charge in [-0.3, -0.25) is 14.3 Å². The number of hydrogen-bond acceptors (Lipinski definition) is 6. The fraction of sp³-hybridized carbons (Fsp3) is 0.200. The first-order valence-electron chi connectivity index (χ1n) is 8.95. The predicted octanol–water partition coefficient (Wildman–Crippen LogP) is 2.37. The van der Waals surface area contributed by atoms with E-state index in [-0.39, 0.29) is 17.6 Å². The lowest BCUT2D eigenvalue weighted by Gasteiger charge is -2.38. The van der Waals surface area contributed by atoms with Crippen molar-refractivity contribution in [3.63, 3.8) is 0 Å². The molecule has 9 nitrogen and oxygen atoms in total. The molecule has 3 aromatic rings. The van der Waals surface area contributed by atoms with Crippen molar-refractivity contribution in [3.8, 4) is 17.1 Å². The Morgan fingerprint density at radius 1 is 1.31 bits per heavy atom. The van der Waals surface area contributed by atoms with E-state index in [2.05, 4.69) is 22.2 Å². The van der Waals surface area contributed by atoms with Gasteiger partial charge in [-0.05, 0) is 30.3 Å². The minimum atomic E-state index is -0.398. The number of benzene rings is 1. The molecule has 2 aromatic heterocycles. The van der Waals surface area contributed by atoms with Gasteiger partial charge in [0.1, 0.15) is 5.75 Å². The highest BCUT2D eigenvalue weighted by atomic mass is 16.5. The Kier molecular flexibility index (Phi) is 4.86. The molecule has 4 rings (SSSR count). The summed E-state index contributed by atoms with van der Waals surface area (Å²) in [7, 11) is 1.59. The molecule has 0 unspecified atom stereocenters. The van der Waals surface area contributed by atoms with Crippen molar-refractivity contribution >= 4 is 17.5 Å². The number of nitrogens with zero attached hydrogens (tertiary/aromatic N) is 4. The lowest BCUT2D eigenvalue weighted by Crippen LogP contribution is -2.50. The van der Waals surface area contributed by atoms with Crippen LogP contribution in [0.4, 0.5) is 5.69 Å². The van der Waals surface area contributed by atoms with E-state index in [4.69, 9.17) is 9.26 Å². The molecule has 0 saturated carbocycles. The highest BCUT2D eigenvalue weighted by Crippen LogP contribution is 2.24. The molecule has 1 fully saturated rings. The minimum Gasteiger partial charge on any atom is -0.497 e. The monoisotopic (exact) mass is 393 g/mol.